The molecule has 6 nitrogen and oxygen atoms in total. The highest BCUT2D eigenvalue weighted by Crippen LogP contribution is 2.33. The van der Waals surface area contributed by atoms with Crippen LogP contribution in [0.5, 0.6) is 11.5 Å². The molecule has 2 N–H and O–H groups in total. The largest absolute Gasteiger partial charge is 0.485 e. The van der Waals surface area contributed by atoms with E-state index in [1.54, 1.807) is 6.92 Å². The molecule has 0 aliphatic carbocycles. The number of hydrogen-bond donors (Lipinski definition) is 2. The van der Waals surface area contributed by atoms with Gasteiger partial charge in [-0.15, -0.1) is 0 Å². The van der Waals surface area contributed by atoms with E-state index >= 15 is 0 Å². The lowest BCUT2D eigenvalue weighted by Crippen LogP contribution is -2.37. The van der Waals surface area contributed by atoms with E-state index in [1.807, 2.05) is 48.5 Å². The minimum Gasteiger partial charge on any atom is -0.485 e. The number of hydrogen-bond acceptors (Lipinski definition) is 6. The second-order valence-electron chi connectivity index (χ2n) is 6.33. The van der Waals surface area contributed by atoms with E-state index in [0.717, 1.165) is 24.1 Å². The van der Waals surface area contributed by atoms with Crippen LogP contribution in [0.2, 0.25) is 0 Å². The van der Waals surface area contributed by atoms with Gasteiger partial charge in [-0.05, 0) is 43.1 Å². The summed E-state index contributed by atoms with van der Waals surface area (Å²) in [6, 6.07) is 15.3. The van der Waals surface area contributed by atoms with Gasteiger partial charge in [-0.3, -0.25) is 0 Å². The van der Waals surface area contributed by atoms with Gasteiger partial charge in [0.1, 0.15) is 6.61 Å². The summed E-state index contributed by atoms with van der Waals surface area (Å²) in [5.74, 6) is 0.779. The first-order chi connectivity index (χ1) is 13.2. The predicted octanol–water partition coefficient (Wildman–Crippen LogP) is 2.26. The number of carbonyl (C=O) groups excluding carboxylic acids is 1. The molecule has 0 bridgehead atoms. The topological polar surface area (TPSA) is 77.0 Å². The smallest absolute Gasteiger partial charge is 0.350 e. The molecule has 0 spiro atoms. The van der Waals surface area contributed by atoms with Gasteiger partial charge in [0.05, 0.1) is 12.7 Å². The number of aliphatic hydroxyl groups excluding tert-OH is 1. The minimum atomic E-state index is -0.718. The fraction of sp³-hybridized carbons (Fsp3) is 0.381. The molecule has 0 fully saturated rings. The van der Waals surface area contributed by atoms with Crippen molar-refractivity contribution in [2.24, 2.45) is 0 Å². The molecule has 3 rings (SSSR count). The van der Waals surface area contributed by atoms with Gasteiger partial charge in [-0.2, -0.15) is 0 Å². The second-order valence-corrected chi connectivity index (χ2v) is 6.33. The van der Waals surface area contributed by atoms with Crippen LogP contribution in [0.1, 0.15) is 24.2 Å². The van der Waals surface area contributed by atoms with Gasteiger partial charge in [0.2, 0.25) is 6.10 Å². The Hall–Kier alpha value is -2.57. The summed E-state index contributed by atoms with van der Waals surface area (Å²) >= 11 is 0. The number of fused-ring (bicyclic) bond motifs is 1. The third kappa shape index (κ3) is 5.21. The Kier molecular flexibility index (Phi) is 6.68. The molecule has 0 radical (unpaired) electrons. The second kappa shape index (κ2) is 9.39. The zero-order chi connectivity index (χ0) is 19.1. The average molecular weight is 371 g/mol. The maximum absolute atomic E-state index is 11.8. The van der Waals surface area contributed by atoms with Crippen LogP contribution in [0.4, 0.5) is 0 Å². The van der Waals surface area contributed by atoms with Crippen molar-refractivity contribution in [3.8, 4) is 11.5 Å². The summed E-state index contributed by atoms with van der Waals surface area (Å²) in [4.78, 5) is 11.8. The summed E-state index contributed by atoms with van der Waals surface area (Å²) in [6.45, 7) is 3.45. The lowest BCUT2D eigenvalue weighted by atomic mass is 10.1. The van der Waals surface area contributed by atoms with Crippen molar-refractivity contribution < 1.29 is 24.1 Å². The first-order valence-corrected chi connectivity index (χ1v) is 9.20. The van der Waals surface area contributed by atoms with Crippen LogP contribution >= 0.6 is 0 Å². The summed E-state index contributed by atoms with van der Waals surface area (Å²) in [5.41, 5.74) is 1.99. The first kappa shape index (κ1) is 19.2. The van der Waals surface area contributed by atoms with E-state index in [0.29, 0.717) is 24.7 Å². The van der Waals surface area contributed by atoms with Gasteiger partial charge in [-0.1, -0.05) is 36.4 Å². The van der Waals surface area contributed by atoms with Crippen LogP contribution in [0.15, 0.2) is 48.5 Å². The molecule has 1 aliphatic rings. The molecule has 2 aromatic carbocycles. The molecular weight excluding hydrogens is 346 g/mol. The van der Waals surface area contributed by atoms with E-state index in [2.05, 4.69) is 5.32 Å². The predicted molar refractivity (Wildman–Crippen MR) is 101 cm³/mol. The molecule has 2 atom stereocenters. The molecular formula is C21H25NO5. The molecule has 2 aromatic rings. The van der Waals surface area contributed by atoms with Gasteiger partial charge < -0.3 is 24.6 Å². The zero-order valence-electron chi connectivity index (χ0n) is 15.4. The van der Waals surface area contributed by atoms with Crippen LogP contribution in [-0.4, -0.2) is 43.5 Å². The first-order valence-electron chi connectivity index (χ1n) is 9.20. The number of aliphatic hydroxyl groups is 1. The van der Waals surface area contributed by atoms with Crippen molar-refractivity contribution in [3.63, 3.8) is 0 Å². The number of nitrogens with one attached hydrogen (secondary N) is 1. The van der Waals surface area contributed by atoms with Gasteiger partial charge in [-0.25, -0.2) is 4.79 Å². The molecule has 6 heteroatoms. The highest BCUT2D eigenvalue weighted by molar-refractivity contribution is 5.76. The third-order valence-electron chi connectivity index (χ3n) is 4.33. The Morgan fingerprint density at radius 3 is 2.85 bits per heavy atom. The summed E-state index contributed by atoms with van der Waals surface area (Å²) < 4.78 is 16.3. The summed E-state index contributed by atoms with van der Waals surface area (Å²) in [5, 5.41) is 13.4. The molecule has 1 aliphatic heterocycles. The van der Waals surface area contributed by atoms with Crippen molar-refractivity contribution in [3.05, 3.63) is 59.7 Å². The summed E-state index contributed by atoms with van der Waals surface area (Å²) in [7, 11) is 0. The number of benzene rings is 2. The molecule has 0 saturated heterocycles. The van der Waals surface area contributed by atoms with Crippen molar-refractivity contribution in [2.75, 3.05) is 26.3 Å². The van der Waals surface area contributed by atoms with Gasteiger partial charge in [0, 0.05) is 6.54 Å². The van der Waals surface area contributed by atoms with E-state index in [1.165, 1.54) is 0 Å². The van der Waals surface area contributed by atoms with E-state index < -0.39 is 18.2 Å². The van der Waals surface area contributed by atoms with Gasteiger partial charge in [0.15, 0.2) is 11.5 Å². The average Bonchev–Trinajstić information content (AvgIpc) is 2.71. The lowest BCUT2D eigenvalue weighted by molar-refractivity contribution is -0.153. The van der Waals surface area contributed by atoms with E-state index in [9.17, 15) is 9.90 Å². The SMILES string of the molecule is CCOC(=O)C1COc2cc(CCNC[C@H](O)c3ccccc3)ccc2O1. The summed E-state index contributed by atoms with van der Waals surface area (Å²) in [6.07, 6.45) is -0.449. The minimum absolute atomic E-state index is 0.150. The quantitative estimate of drug-likeness (QED) is 0.548. The highest BCUT2D eigenvalue weighted by atomic mass is 16.6. The molecule has 27 heavy (non-hydrogen) atoms. The maximum Gasteiger partial charge on any atom is 0.350 e. The molecule has 0 saturated carbocycles. The van der Waals surface area contributed by atoms with Crippen molar-refractivity contribution in [1.82, 2.24) is 5.32 Å². The highest BCUT2D eigenvalue weighted by Gasteiger charge is 2.28. The zero-order valence-corrected chi connectivity index (χ0v) is 15.4. The van der Waals surface area contributed by atoms with Crippen LogP contribution < -0.4 is 14.8 Å². The Balaban J connectivity index is 1.46. The molecule has 1 heterocycles. The van der Waals surface area contributed by atoms with Crippen molar-refractivity contribution in [2.45, 2.75) is 25.6 Å². The van der Waals surface area contributed by atoms with Crippen LogP contribution in [0.25, 0.3) is 0 Å². The molecule has 1 unspecified atom stereocenters. The number of esters is 1. The fourth-order valence-corrected chi connectivity index (χ4v) is 2.89. The number of carbonyl (C=O) groups is 1. The molecule has 144 valence electrons. The van der Waals surface area contributed by atoms with E-state index in [-0.39, 0.29) is 6.61 Å². The van der Waals surface area contributed by atoms with Crippen LogP contribution in [-0.2, 0) is 16.0 Å². The normalized spacial score (nSPS) is 16.6. The Labute approximate surface area is 159 Å². The third-order valence-corrected chi connectivity index (χ3v) is 4.33. The van der Waals surface area contributed by atoms with Crippen molar-refractivity contribution >= 4 is 5.97 Å². The number of rotatable bonds is 8. The van der Waals surface area contributed by atoms with Gasteiger partial charge in [0.25, 0.3) is 0 Å². The molecule has 0 amide bonds. The monoisotopic (exact) mass is 371 g/mol. The number of ether oxygens (including phenoxy) is 3. The lowest BCUT2D eigenvalue weighted by Gasteiger charge is -2.25. The standard InChI is InChI=1S/C21H25NO5/c1-2-25-21(24)20-14-26-19-12-15(8-9-18(19)27-20)10-11-22-13-17(23)16-6-4-3-5-7-16/h3-9,12,17,20,22-23H,2,10-11,13-14H2,1H3/t17-,20?/m0/s1. The van der Waals surface area contributed by atoms with Crippen molar-refractivity contribution in [1.29, 1.82) is 0 Å². The maximum atomic E-state index is 11.8. The Bertz CT molecular complexity index is 749. The Morgan fingerprint density at radius 1 is 1.26 bits per heavy atom. The van der Waals surface area contributed by atoms with Crippen LogP contribution in [0, 0.1) is 0 Å². The van der Waals surface area contributed by atoms with E-state index in [4.69, 9.17) is 14.2 Å². The van der Waals surface area contributed by atoms with Gasteiger partial charge >= 0.3 is 5.97 Å². The van der Waals surface area contributed by atoms with Crippen LogP contribution in [0.3, 0.4) is 0 Å². The fourth-order valence-electron chi connectivity index (χ4n) is 2.89. The Morgan fingerprint density at radius 2 is 2.07 bits per heavy atom. The molecule has 0 aromatic heterocycles.